The Kier molecular flexibility index (Phi) is 2.65. The second-order valence-corrected chi connectivity index (χ2v) is 5.16. The highest BCUT2D eigenvalue weighted by atomic mass is 16.2. The molecule has 2 aliphatic carbocycles. The van der Waals surface area contributed by atoms with Crippen LogP contribution in [0.3, 0.4) is 0 Å². The van der Waals surface area contributed by atoms with E-state index in [1.54, 1.807) is 0 Å². The van der Waals surface area contributed by atoms with Crippen molar-refractivity contribution in [1.82, 2.24) is 4.98 Å². The third-order valence-corrected chi connectivity index (χ3v) is 4.03. The van der Waals surface area contributed by atoms with Crippen LogP contribution in [0, 0.1) is 0 Å². The fourth-order valence-electron chi connectivity index (χ4n) is 3.10. The van der Waals surface area contributed by atoms with Crippen molar-refractivity contribution in [3.8, 4) is 0 Å². The molecule has 0 radical (unpaired) electrons. The first-order valence-corrected chi connectivity index (χ1v) is 6.53. The lowest BCUT2D eigenvalue weighted by molar-refractivity contribution is 0.259. The van der Waals surface area contributed by atoms with Crippen molar-refractivity contribution in [3.63, 3.8) is 0 Å². The monoisotopic (exact) mass is 243 g/mol. The maximum Gasteiger partial charge on any atom is 0.344 e. The average Bonchev–Trinajstić information content (AvgIpc) is 2.97. The topological polar surface area (TPSA) is 54.4 Å². The van der Waals surface area contributed by atoms with Gasteiger partial charge in [0.25, 0.3) is 0 Å². The number of fused-ring (bicyclic) bond motifs is 2. The van der Waals surface area contributed by atoms with Gasteiger partial charge in [0.2, 0.25) is 0 Å². The van der Waals surface area contributed by atoms with Crippen molar-refractivity contribution in [2.24, 2.45) is 4.99 Å². The van der Waals surface area contributed by atoms with E-state index in [-0.39, 0.29) is 6.03 Å². The molecule has 1 N–H and O–H groups in total. The number of pyridine rings is 1. The summed E-state index contributed by atoms with van der Waals surface area (Å²) in [7, 11) is 0. The van der Waals surface area contributed by atoms with Crippen LogP contribution in [0.2, 0.25) is 0 Å². The van der Waals surface area contributed by atoms with E-state index in [1.807, 2.05) is 0 Å². The third kappa shape index (κ3) is 1.64. The number of hydrogen-bond donors (Lipinski definition) is 1. The van der Waals surface area contributed by atoms with Crippen molar-refractivity contribution < 1.29 is 4.79 Å². The number of amides is 2. The predicted molar refractivity (Wildman–Crippen MR) is 71.6 cm³/mol. The van der Waals surface area contributed by atoms with Crippen LogP contribution in [0.15, 0.2) is 4.99 Å². The smallest absolute Gasteiger partial charge is 0.305 e. The number of nitrogens with zero attached hydrogens (tertiary/aromatic N) is 2. The normalized spacial score (nSPS) is 20.4. The highest BCUT2D eigenvalue weighted by Gasteiger charge is 2.29. The molecule has 1 aromatic heterocycles. The maximum absolute atomic E-state index is 11.5. The fraction of sp³-hybridized carbons (Fsp3) is 0.500. The molecule has 4 heteroatoms. The van der Waals surface area contributed by atoms with Crippen LogP contribution in [-0.4, -0.2) is 17.7 Å². The van der Waals surface area contributed by atoms with E-state index in [0.717, 1.165) is 37.8 Å². The van der Waals surface area contributed by atoms with Gasteiger partial charge in [-0.1, -0.05) is 6.92 Å². The van der Waals surface area contributed by atoms with Gasteiger partial charge in [0.05, 0.1) is 5.69 Å². The van der Waals surface area contributed by atoms with Gasteiger partial charge in [-0.05, 0) is 55.9 Å². The van der Waals surface area contributed by atoms with Crippen LogP contribution in [0.1, 0.15) is 48.2 Å². The SMILES string of the molecule is C=NC(=O)Nc1c2c(nc3c1CCC3C)CCC2. The molecule has 94 valence electrons. The largest absolute Gasteiger partial charge is 0.344 e. The van der Waals surface area contributed by atoms with Crippen molar-refractivity contribution >= 4 is 18.4 Å². The standard InChI is InChI=1S/C14H17N3O/c1-8-6-7-10-12(8)16-11-5-3-4-9(11)13(10)17-14(18)15-2/h8H,2-7H2,1H3,(H,16,17,18). The van der Waals surface area contributed by atoms with E-state index in [1.165, 1.54) is 22.5 Å². The third-order valence-electron chi connectivity index (χ3n) is 4.03. The van der Waals surface area contributed by atoms with Gasteiger partial charge in [0.1, 0.15) is 0 Å². The lowest BCUT2D eigenvalue weighted by Gasteiger charge is -2.14. The molecule has 3 rings (SSSR count). The Morgan fingerprint density at radius 1 is 1.39 bits per heavy atom. The van der Waals surface area contributed by atoms with Crippen LogP contribution in [0.5, 0.6) is 0 Å². The van der Waals surface area contributed by atoms with Gasteiger partial charge >= 0.3 is 6.03 Å². The number of aliphatic imine (C=N–C) groups is 1. The summed E-state index contributed by atoms with van der Waals surface area (Å²) in [6.07, 6.45) is 5.29. The minimum atomic E-state index is -0.364. The zero-order chi connectivity index (χ0) is 12.7. The van der Waals surface area contributed by atoms with Gasteiger partial charge in [-0.15, -0.1) is 0 Å². The summed E-state index contributed by atoms with van der Waals surface area (Å²) in [6, 6.07) is -0.364. The van der Waals surface area contributed by atoms with Crippen LogP contribution >= 0.6 is 0 Å². The molecule has 2 aliphatic rings. The highest BCUT2D eigenvalue weighted by Crippen LogP contribution is 2.41. The molecule has 1 unspecified atom stereocenters. The van der Waals surface area contributed by atoms with Gasteiger partial charge in [-0.25, -0.2) is 9.79 Å². The van der Waals surface area contributed by atoms with E-state index in [2.05, 4.69) is 24.0 Å². The van der Waals surface area contributed by atoms with E-state index >= 15 is 0 Å². The first-order chi connectivity index (χ1) is 8.70. The van der Waals surface area contributed by atoms with Crippen molar-refractivity contribution in [3.05, 3.63) is 22.5 Å². The number of aromatic nitrogens is 1. The van der Waals surface area contributed by atoms with Crippen LogP contribution in [0.25, 0.3) is 0 Å². The Hall–Kier alpha value is -1.71. The van der Waals surface area contributed by atoms with Gasteiger partial charge in [0, 0.05) is 11.4 Å². The van der Waals surface area contributed by atoms with E-state index in [4.69, 9.17) is 4.98 Å². The van der Waals surface area contributed by atoms with E-state index in [0.29, 0.717) is 5.92 Å². The van der Waals surface area contributed by atoms with Crippen molar-refractivity contribution in [1.29, 1.82) is 0 Å². The van der Waals surface area contributed by atoms with Crippen LogP contribution < -0.4 is 5.32 Å². The predicted octanol–water partition coefficient (Wildman–Crippen LogP) is 2.85. The number of nitrogens with one attached hydrogen (secondary N) is 1. The molecule has 0 saturated heterocycles. The molecule has 0 fully saturated rings. The summed E-state index contributed by atoms with van der Waals surface area (Å²) in [5, 5.41) is 2.90. The number of anilines is 1. The lowest BCUT2D eigenvalue weighted by atomic mass is 10.0. The molecule has 1 heterocycles. The van der Waals surface area contributed by atoms with Gasteiger partial charge in [-0.2, -0.15) is 0 Å². The van der Waals surface area contributed by atoms with E-state index in [9.17, 15) is 4.79 Å². The number of carbonyl (C=O) groups is 1. The molecule has 2 amide bonds. The molecule has 1 aromatic rings. The molecule has 1 atom stereocenters. The summed E-state index contributed by atoms with van der Waals surface area (Å²) in [6.45, 7) is 5.49. The minimum absolute atomic E-state index is 0.364. The summed E-state index contributed by atoms with van der Waals surface area (Å²) in [5.74, 6) is 0.498. The Morgan fingerprint density at radius 2 is 2.22 bits per heavy atom. The minimum Gasteiger partial charge on any atom is -0.305 e. The number of rotatable bonds is 1. The van der Waals surface area contributed by atoms with Crippen molar-refractivity contribution in [2.75, 3.05) is 5.32 Å². The summed E-state index contributed by atoms with van der Waals surface area (Å²) >= 11 is 0. The summed E-state index contributed by atoms with van der Waals surface area (Å²) < 4.78 is 0. The zero-order valence-electron chi connectivity index (χ0n) is 10.6. The Balaban J connectivity index is 2.13. The molecule has 0 aliphatic heterocycles. The number of urea groups is 1. The zero-order valence-corrected chi connectivity index (χ0v) is 10.6. The Bertz CT molecular complexity index is 536. The molecule has 18 heavy (non-hydrogen) atoms. The molecule has 0 spiro atoms. The van der Waals surface area contributed by atoms with Crippen molar-refractivity contribution in [2.45, 2.75) is 44.9 Å². The fourth-order valence-corrected chi connectivity index (χ4v) is 3.10. The molecule has 0 bridgehead atoms. The molecular formula is C14H17N3O. The maximum atomic E-state index is 11.5. The molecule has 4 nitrogen and oxygen atoms in total. The first kappa shape index (κ1) is 11.4. The lowest BCUT2D eigenvalue weighted by Crippen LogP contribution is -2.12. The van der Waals surface area contributed by atoms with E-state index < -0.39 is 0 Å². The number of carbonyl (C=O) groups excluding carboxylic acids is 1. The summed E-state index contributed by atoms with van der Waals surface area (Å²) in [4.78, 5) is 19.7. The second kappa shape index (κ2) is 4.19. The van der Waals surface area contributed by atoms with Gasteiger partial charge in [0.15, 0.2) is 0 Å². The van der Waals surface area contributed by atoms with Gasteiger partial charge < -0.3 is 5.32 Å². The quantitative estimate of drug-likeness (QED) is 0.771. The van der Waals surface area contributed by atoms with Crippen LogP contribution in [0.4, 0.5) is 10.5 Å². The Morgan fingerprint density at radius 3 is 3.00 bits per heavy atom. The number of aryl methyl sites for hydroxylation is 1. The van der Waals surface area contributed by atoms with Crippen LogP contribution in [-0.2, 0) is 19.3 Å². The summed E-state index contributed by atoms with van der Waals surface area (Å²) in [5.41, 5.74) is 5.77. The average molecular weight is 243 g/mol. The number of hydrogen-bond acceptors (Lipinski definition) is 2. The first-order valence-electron chi connectivity index (χ1n) is 6.53. The second-order valence-electron chi connectivity index (χ2n) is 5.16. The Labute approximate surface area is 107 Å². The molecule has 0 saturated carbocycles. The highest BCUT2D eigenvalue weighted by molar-refractivity contribution is 5.94. The molecule has 0 aromatic carbocycles. The van der Waals surface area contributed by atoms with Gasteiger partial charge in [-0.3, -0.25) is 4.98 Å². The molecular weight excluding hydrogens is 226 g/mol.